The normalized spacial score (nSPS) is 29.5. The van der Waals surface area contributed by atoms with E-state index in [0.29, 0.717) is 30.3 Å². The van der Waals surface area contributed by atoms with E-state index in [9.17, 15) is 9.18 Å². The highest BCUT2D eigenvalue weighted by atomic mass is 32.2. The minimum Gasteiger partial charge on any atom is -0.337 e. The van der Waals surface area contributed by atoms with E-state index in [-0.39, 0.29) is 17.8 Å². The van der Waals surface area contributed by atoms with Gasteiger partial charge in [-0.15, -0.1) is 11.8 Å². The van der Waals surface area contributed by atoms with Crippen LogP contribution in [0.3, 0.4) is 0 Å². The topological polar surface area (TPSA) is 85.2 Å². The molecule has 1 aromatic carbocycles. The molecular formula is C19H21FN4O2S. The molecule has 142 valence electrons. The molecule has 8 heteroatoms. The Balaban J connectivity index is 1.49. The maximum absolute atomic E-state index is 13.4. The van der Waals surface area contributed by atoms with Crippen molar-refractivity contribution in [2.75, 3.05) is 5.75 Å². The summed E-state index contributed by atoms with van der Waals surface area (Å²) in [4.78, 5) is 18.7. The van der Waals surface area contributed by atoms with Crippen molar-refractivity contribution in [3.63, 3.8) is 0 Å². The quantitative estimate of drug-likeness (QED) is 0.869. The Morgan fingerprint density at radius 2 is 1.96 bits per heavy atom. The number of benzene rings is 1. The van der Waals surface area contributed by atoms with Gasteiger partial charge in [0.2, 0.25) is 11.8 Å². The molecule has 1 aromatic heterocycles. The van der Waals surface area contributed by atoms with Gasteiger partial charge in [0, 0.05) is 12.2 Å². The van der Waals surface area contributed by atoms with Gasteiger partial charge in [0.05, 0.1) is 5.54 Å². The van der Waals surface area contributed by atoms with Crippen molar-refractivity contribution in [3.8, 4) is 0 Å². The zero-order chi connectivity index (χ0) is 18.6. The molecule has 6 nitrogen and oxygen atoms in total. The van der Waals surface area contributed by atoms with E-state index in [1.807, 2.05) is 4.90 Å². The van der Waals surface area contributed by atoms with Crippen molar-refractivity contribution in [1.82, 2.24) is 15.0 Å². The largest absolute Gasteiger partial charge is 0.337 e. The lowest BCUT2D eigenvalue weighted by atomic mass is 9.98. The predicted molar refractivity (Wildman–Crippen MR) is 98.0 cm³/mol. The molecule has 3 fully saturated rings. The van der Waals surface area contributed by atoms with Gasteiger partial charge in [-0.2, -0.15) is 4.98 Å². The lowest BCUT2D eigenvalue weighted by Gasteiger charge is -2.33. The van der Waals surface area contributed by atoms with E-state index in [0.717, 1.165) is 31.2 Å². The maximum Gasteiger partial charge on any atom is 0.250 e. The Morgan fingerprint density at radius 1 is 1.22 bits per heavy atom. The van der Waals surface area contributed by atoms with Crippen molar-refractivity contribution in [2.45, 2.75) is 55.0 Å². The van der Waals surface area contributed by atoms with Gasteiger partial charge >= 0.3 is 0 Å². The fourth-order valence-electron chi connectivity index (χ4n) is 4.64. The molecule has 5 rings (SSSR count). The van der Waals surface area contributed by atoms with E-state index in [1.165, 1.54) is 12.1 Å². The summed E-state index contributed by atoms with van der Waals surface area (Å²) < 4.78 is 19.0. The number of hydrogen-bond donors (Lipinski definition) is 1. The fourth-order valence-corrected chi connectivity index (χ4v) is 6.28. The highest BCUT2D eigenvalue weighted by Gasteiger charge is 2.56. The number of nitrogens with two attached hydrogens (primary N) is 1. The number of carbonyl (C=O) groups is 1. The number of hydrogen-bond acceptors (Lipinski definition) is 6. The van der Waals surface area contributed by atoms with Gasteiger partial charge in [-0.05, 0) is 37.0 Å². The van der Waals surface area contributed by atoms with Crippen molar-refractivity contribution in [1.29, 1.82) is 0 Å². The van der Waals surface area contributed by atoms with Gasteiger partial charge in [-0.25, -0.2) is 4.39 Å². The smallest absolute Gasteiger partial charge is 0.250 e. The molecule has 2 atom stereocenters. The molecule has 2 N–H and O–H groups in total. The molecule has 27 heavy (non-hydrogen) atoms. The molecule has 0 bridgehead atoms. The lowest BCUT2D eigenvalue weighted by molar-refractivity contribution is -0.131. The molecule has 2 aromatic rings. The van der Waals surface area contributed by atoms with Gasteiger partial charge < -0.3 is 15.2 Å². The van der Waals surface area contributed by atoms with Crippen molar-refractivity contribution in [3.05, 3.63) is 47.4 Å². The number of aromatic nitrogens is 2. The van der Waals surface area contributed by atoms with Crippen LogP contribution in [0, 0.1) is 5.82 Å². The van der Waals surface area contributed by atoms with Gasteiger partial charge in [0.1, 0.15) is 16.7 Å². The molecule has 1 aliphatic carbocycles. The first-order valence-corrected chi connectivity index (χ1v) is 10.4. The van der Waals surface area contributed by atoms with Crippen molar-refractivity contribution < 1.29 is 13.7 Å². The Bertz CT molecular complexity index is 880. The van der Waals surface area contributed by atoms with E-state index < -0.39 is 10.4 Å². The molecule has 0 radical (unpaired) electrons. The fraction of sp³-hybridized carbons (Fsp3) is 0.526. The van der Waals surface area contributed by atoms with Crippen LogP contribution in [0.25, 0.3) is 0 Å². The van der Waals surface area contributed by atoms with Crippen LogP contribution in [0.15, 0.2) is 28.8 Å². The second kappa shape index (κ2) is 6.04. The Hall–Kier alpha value is -1.93. The van der Waals surface area contributed by atoms with Crippen LogP contribution in [0.4, 0.5) is 4.39 Å². The third-order valence-electron chi connectivity index (χ3n) is 6.09. The summed E-state index contributed by atoms with van der Waals surface area (Å²) in [6, 6.07) is 6.15. The first-order valence-electron chi connectivity index (χ1n) is 9.37. The zero-order valence-electron chi connectivity index (χ0n) is 14.9. The zero-order valence-corrected chi connectivity index (χ0v) is 15.7. The molecule has 1 saturated carbocycles. The second-order valence-electron chi connectivity index (χ2n) is 7.70. The van der Waals surface area contributed by atoms with Crippen LogP contribution in [0.2, 0.25) is 0 Å². The van der Waals surface area contributed by atoms with E-state index in [2.05, 4.69) is 10.1 Å². The molecule has 2 aliphatic heterocycles. The molecule has 1 amide bonds. The highest BCUT2D eigenvalue weighted by molar-refractivity contribution is 8.00. The average molecular weight is 388 g/mol. The minimum atomic E-state index is -0.517. The monoisotopic (exact) mass is 388 g/mol. The number of fused-ring (bicyclic) bond motifs is 1. The van der Waals surface area contributed by atoms with E-state index in [4.69, 9.17) is 10.3 Å². The molecule has 0 spiro atoms. The first-order chi connectivity index (χ1) is 13.0. The van der Waals surface area contributed by atoms with Gasteiger partial charge in [-0.3, -0.25) is 4.79 Å². The van der Waals surface area contributed by atoms with Crippen molar-refractivity contribution in [2.24, 2.45) is 5.73 Å². The second-order valence-corrected chi connectivity index (χ2v) is 9.00. The predicted octanol–water partition coefficient (Wildman–Crippen LogP) is 3.20. The number of amides is 1. The molecule has 3 heterocycles. The first kappa shape index (κ1) is 17.2. The Morgan fingerprint density at radius 3 is 2.70 bits per heavy atom. The number of rotatable bonds is 3. The van der Waals surface area contributed by atoms with Gasteiger partial charge in [0.15, 0.2) is 5.82 Å². The van der Waals surface area contributed by atoms with Crippen LogP contribution in [-0.2, 0) is 15.2 Å². The van der Waals surface area contributed by atoms with Gasteiger partial charge in [-0.1, -0.05) is 30.1 Å². The van der Waals surface area contributed by atoms with Crippen LogP contribution < -0.4 is 5.73 Å². The molecular weight excluding hydrogens is 367 g/mol. The third kappa shape index (κ3) is 2.53. The summed E-state index contributed by atoms with van der Waals surface area (Å²) >= 11 is 1.69. The summed E-state index contributed by atoms with van der Waals surface area (Å²) in [6.07, 6.45) is 5.00. The number of nitrogens with zero attached hydrogens (tertiary/aromatic N) is 3. The lowest BCUT2D eigenvalue weighted by Crippen LogP contribution is -2.38. The minimum absolute atomic E-state index is 0.0670. The maximum atomic E-state index is 13.4. The Kier molecular flexibility index (Phi) is 3.84. The molecule has 2 saturated heterocycles. The highest BCUT2D eigenvalue weighted by Crippen LogP contribution is 2.58. The van der Waals surface area contributed by atoms with Crippen LogP contribution in [0.5, 0.6) is 0 Å². The standard InChI is InChI=1S/C19H21FN4O2S/c20-13-5-3-12(4-6-13)19-10-7-15(25)24(19)14(11-27-19)16-22-17(23-26-16)18(21)8-1-2-9-18/h3-6,14H,1-2,7-11,21H2. The molecule has 3 aliphatic rings. The Labute approximate surface area is 160 Å². The number of halogens is 1. The third-order valence-corrected chi connectivity index (χ3v) is 7.69. The van der Waals surface area contributed by atoms with Crippen molar-refractivity contribution >= 4 is 17.7 Å². The van der Waals surface area contributed by atoms with Gasteiger partial charge in [0.25, 0.3) is 0 Å². The summed E-state index contributed by atoms with van der Waals surface area (Å²) in [5.41, 5.74) is 6.87. The summed E-state index contributed by atoms with van der Waals surface area (Å²) in [5.74, 6) is 1.45. The van der Waals surface area contributed by atoms with Crippen LogP contribution in [-0.4, -0.2) is 26.7 Å². The number of thioether (sulfide) groups is 1. The van der Waals surface area contributed by atoms with Crippen LogP contribution >= 0.6 is 11.8 Å². The van der Waals surface area contributed by atoms with E-state index in [1.54, 1.807) is 23.9 Å². The summed E-state index contributed by atoms with van der Waals surface area (Å²) in [6.45, 7) is 0. The van der Waals surface area contributed by atoms with E-state index >= 15 is 0 Å². The number of carbonyl (C=O) groups excluding carboxylic acids is 1. The van der Waals surface area contributed by atoms with Crippen LogP contribution in [0.1, 0.15) is 61.8 Å². The summed E-state index contributed by atoms with van der Waals surface area (Å²) in [7, 11) is 0. The molecule has 2 unspecified atom stereocenters. The summed E-state index contributed by atoms with van der Waals surface area (Å²) in [5, 5.41) is 4.15. The average Bonchev–Trinajstić information content (AvgIpc) is 3.41. The SMILES string of the molecule is NC1(c2noc(C3CSC4(c5ccc(F)cc5)CCC(=O)N34)n2)CCCC1.